The molecule has 1 fully saturated rings. The summed E-state index contributed by atoms with van der Waals surface area (Å²) in [5.41, 5.74) is 2.61. The summed E-state index contributed by atoms with van der Waals surface area (Å²) in [7, 11) is 0. The maximum absolute atomic E-state index is 5.59. The highest BCUT2D eigenvalue weighted by Crippen LogP contribution is 2.24. The van der Waals surface area contributed by atoms with Crippen LogP contribution in [0.1, 0.15) is 37.8 Å². The number of hydrogen-bond acceptors (Lipinski definition) is 1. The van der Waals surface area contributed by atoms with Crippen molar-refractivity contribution in [1.29, 1.82) is 0 Å². The molecule has 0 radical (unpaired) electrons. The summed E-state index contributed by atoms with van der Waals surface area (Å²) in [4.78, 5) is 0. The molecule has 1 saturated carbocycles. The van der Waals surface area contributed by atoms with Crippen molar-refractivity contribution < 1.29 is 4.74 Å². The van der Waals surface area contributed by atoms with Gasteiger partial charge in [0.05, 0.1) is 12.7 Å². The van der Waals surface area contributed by atoms with Crippen molar-refractivity contribution in [3.05, 3.63) is 35.4 Å². The molecule has 1 heteroatoms. The predicted octanol–water partition coefficient (Wildman–Crippen LogP) is 3.70. The first-order valence-electron chi connectivity index (χ1n) is 5.52. The quantitative estimate of drug-likeness (QED) is 0.709. The zero-order valence-corrected chi connectivity index (χ0v) is 9.42. The van der Waals surface area contributed by atoms with E-state index in [1.807, 2.05) is 13.8 Å². The minimum atomic E-state index is 0.561. The molecule has 1 aliphatic rings. The Bertz CT molecular complexity index is 264. The lowest BCUT2D eigenvalue weighted by Crippen LogP contribution is -1.94. The molecule has 0 N–H and O–H groups in total. The summed E-state index contributed by atoms with van der Waals surface area (Å²) in [5.74, 6) is 0. The second-order valence-corrected chi connectivity index (χ2v) is 3.50. The monoisotopic (exact) mass is 192 g/mol. The van der Waals surface area contributed by atoms with E-state index >= 15 is 0 Å². The minimum Gasteiger partial charge on any atom is -0.374 e. The second kappa shape index (κ2) is 5.82. The Morgan fingerprint density at radius 2 is 2.00 bits per heavy atom. The fourth-order valence-corrected chi connectivity index (χ4v) is 1.25. The summed E-state index contributed by atoms with van der Waals surface area (Å²) in [6.45, 7) is 6.90. The summed E-state index contributed by atoms with van der Waals surface area (Å²) in [5, 5.41) is 0. The van der Waals surface area contributed by atoms with Gasteiger partial charge >= 0.3 is 0 Å². The van der Waals surface area contributed by atoms with Gasteiger partial charge in [0.1, 0.15) is 0 Å². The average Bonchev–Trinajstić information content (AvgIpc) is 3.02. The molecule has 1 aromatic carbocycles. The van der Waals surface area contributed by atoms with Crippen LogP contribution in [0.15, 0.2) is 24.3 Å². The molecule has 0 spiro atoms. The fraction of sp³-hybridized carbons (Fsp3) is 0.538. The molecule has 0 atom stereocenters. The number of rotatable bonds is 3. The van der Waals surface area contributed by atoms with E-state index in [1.54, 1.807) is 0 Å². The normalized spacial score (nSPS) is 14.5. The highest BCUT2D eigenvalue weighted by Gasteiger charge is 2.21. The van der Waals surface area contributed by atoms with Gasteiger partial charge in [-0.3, -0.25) is 0 Å². The van der Waals surface area contributed by atoms with Gasteiger partial charge in [-0.2, -0.15) is 0 Å². The van der Waals surface area contributed by atoms with Crippen molar-refractivity contribution in [3.63, 3.8) is 0 Å². The molecule has 2 rings (SSSR count). The molecule has 0 unspecified atom stereocenters. The standard InChI is InChI=1S/C11H14O.C2H6/c1-9-3-2-4-10(7-9)8-12-11-5-6-11;1-2/h2-4,7,11H,5-6,8H2,1H3;1-2H3. The predicted molar refractivity (Wildman–Crippen MR) is 60.3 cm³/mol. The molecule has 0 heterocycles. The first-order valence-corrected chi connectivity index (χ1v) is 5.52. The lowest BCUT2D eigenvalue weighted by atomic mass is 10.1. The Morgan fingerprint density at radius 1 is 1.29 bits per heavy atom. The van der Waals surface area contributed by atoms with Gasteiger partial charge in [0.25, 0.3) is 0 Å². The van der Waals surface area contributed by atoms with Crippen LogP contribution < -0.4 is 0 Å². The number of hydrogen-bond donors (Lipinski definition) is 0. The highest BCUT2D eigenvalue weighted by atomic mass is 16.5. The molecular formula is C13H20O. The minimum absolute atomic E-state index is 0.561. The van der Waals surface area contributed by atoms with Gasteiger partial charge in [-0.15, -0.1) is 0 Å². The number of benzene rings is 1. The smallest absolute Gasteiger partial charge is 0.0720 e. The SMILES string of the molecule is CC.Cc1cccc(COC2CC2)c1. The third-order valence-electron chi connectivity index (χ3n) is 2.09. The van der Waals surface area contributed by atoms with Gasteiger partial charge < -0.3 is 4.74 Å². The molecule has 0 aromatic heterocycles. The van der Waals surface area contributed by atoms with Crippen LogP contribution in [0.2, 0.25) is 0 Å². The van der Waals surface area contributed by atoms with Gasteiger partial charge in [-0.25, -0.2) is 0 Å². The van der Waals surface area contributed by atoms with Crippen molar-refractivity contribution in [2.45, 2.75) is 46.3 Å². The third-order valence-corrected chi connectivity index (χ3v) is 2.09. The molecule has 14 heavy (non-hydrogen) atoms. The topological polar surface area (TPSA) is 9.23 Å². The van der Waals surface area contributed by atoms with Crippen LogP contribution in [-0.4, -0.2) is 6.10 Å². The van der Waals surface area contributed by atoms with Crippen molar-refractivity contribution in [2.24, 2.45) is 0 Å². The maximum atomic E-state index is 5.59. The van der Waals surface area contributed by atoms with Crippen LogP contribution in [0.3, 0.4) is 0 Å². The summed E-state index contributed by atoms with van der Waals surface area (Å²) in [6.07, 6.45) is 3.07. The van der Waals surface area contributed by atoms with E-state index in [-0.39, 0.29) is 0 Å². The lowest BCUT2D eigenvalue weighted by Gasteiger charge is -2.02. The summed E-state index contributed by atoms with van der Waals surface area (Å²) >= 11 is 0. The van der Waals surface area contributed by atoms with Crippen molar-refractivity contribution in [1.82, 2.24) is 0 Å². The third kappa shape index (κ3) is 3.93. The van der Waals surface area contributed by atoms with E-state index in [1.165, 1.54) is 24.0 Å². The summed E-state index contributed by atoms with van der Waals surface area (Å²) in [6, 6.07) is 8.50. The molecule has 0 amide bonds. The first-order chi connectivity index (χ1) is 6.84. The van der Waals surface area contributed by atoms with Gasteiger partial charge in [-0.05, 0) is 25.3 Å². The summed E-state index contributed by atoms with van der Waals surface area (Å²) < 4.78 is 5.59. The fourth-order valence-electron chi connectivity index (χ4n) is 1.25. The van der Waals surface area contributed by atoms with Crippen LogP contribution in [0.5, 0.6) is 0 Å². The second-order valence-electron chi connectivity index (χ2n) is 3.50. The number of aryl methyl sites for hydroxylation is 1. The molecule has 0 bridgehead atoms. The maximum Gasteiger partial charge on any atom is 0.0720 e. The zero-order chi connectivity index (χ0) is 10.4. The molecular weight excluding hydrogens is 172 g/mol. The molecule has 78 valence electrons. The number of ether oxygens (including phenoxy) is 1. The van der Waals surface area contributed by atoms with Crippen LogP contribution >= 0.6 is 0 Å². The van der Waals surface area contributed by atoms with E-state index in [0.29, 0.717) is 6.10 Å². The Balaban J connectivity index is 0.000000461. The van der Waals surface area contributed by atoms with Gasteiger partial charge in [0.2, 0.25) is 0 Å². The Morgan fingerprint density at radius 3 is 2.57 bits per heavy atom. The van der Waals surface area contributed by atoms with Crippen LogP contribution in [0.25, 0.3) is 0 Å². The van der Waals surface area contributed by atoms with Gasteiger partial charge in [-0.1, -0.05) is 43.7 Å². The van der Waals surface area contributed by atoms with E-state index in [9.17, 15) is 0 Å². The average molecular weight is 192 g/mol. The van der Waals surface area contributed by atoms with Crippen molar-refractivity contribution in [2.75, 3.05) is 0 Å². The molecule has 1 aliphatic carbocycles. The molecule has 1 aromatic rings. The van der Waals surface area contributed by atoms with Crippen LogP contribution in [-0.2, 0) is 11.3 Å². The molecule has 1 nitrogen and oxygen atoms in total. The molecule has 0 aliphatic heterocycles. The van der Waals surface area contributed by atoms with Crippen molar-refractivity contribution >= 4 is 0 Å². The van der Waals surface area contributed by atoms with Gasteiger partial charge in [0, 0.05) is 0 Å². The Kier molecular flexibility index (Phi) is 4.68. The van der Waals surface area contributed by atoms with E-state index in [0.717, 1.165) is 6.61 Å². The first kappa shape index (κ1) is 11.3. The highest BCUT2D eigenvalue weighted by molar-refractivity contribution is 5.21. The van der Waals surface area contributed by atoms with Gasteiger partial charge in [0.15, 0.2) is 0 Å². The Labute approximate surface area is 87.1 Å². The largest absolute Gasteiger partial charge is 0.374 e. The lowest BCUT2D eigenvalue weighted by molar-refractivity contribution is 0.106. The van der Waals surface area contributed by atoms with Crippen LogP contribution in [0.4, 0.5) is 0 Å². The Hall–Kier alpha value is -0.820. The van der Waals surface area contributed by atoms with Crippen molar-refractivity contribution in [3.8, 4) is 0 Å². The van der Waals surface area contributed by atoms with E-state index < -0.39 is 0 Å². The van der Waals surface area contributed by atoms with E-state index in [2.05, 4.69) is 31.2 Å². The van der Waals surface area contributed by atoms with Crippen LogP contribution in [0, 0.1) is 6.92 Å². The molecule has 0 saturated heterocycles. The van der Waals surface area contributed by atoms with E-state index in [4.69, 9.17) is 4.74 Å². The zero-order valence-electron chi connectivity index (χ0n) is 9.42.